The summed E-state index contributed by atoms with van der Waals surface area (Å²) in [5.74, 6) is 0.00600. The maximum absolute atomic E-state index is 12.3. The molecule has 0 atom stereocenters. The van der Waals surface area contributed by atoms with E-state index < -0.39 is 9.84 Å². The number of ether oxygens (including phenoxy) is 1. The smallest absolute Gasteiger partial charge is 0.180 e. The van der Waals surface area contributed by atoms with Crippen LogP contribution in [0.25, 0.3) is 0 Å². The van der Waals surface area contributed by atoms with Crippen LogP contribution in [0.1, 0.15) is 11.1 Å². The van der Waals surface area contributed by atoms with Crippen LogP contribution in [-0.4, -0.2) is 27.3 Å². The third-order valence-corrected chi connectivity index (χ3v) is 5.43. The number of hydrogen-bond acceptors (Lipinski definition) is 4. The van der Waals surface area contributed by atoms with Crippen molar-refractivity contribution in [2.24, 2.45) is 0 Å². The molecule has 1 aliphatic rings. The minimum absolute atomic E-state index is 0.00600. The topological polar surface area (TPSA) is 55.4 Å². The number of hydrogen-bond donors (Lipinski definition) is 1. The number of rotatable bonds is 6. The number of anilines is 1. The standard InChI is InChI=1S/C17H19NO3S/c19-22(20,11-10-21-13-14-4-2-1-3-5-14)16-6-7-17-15(12-16)8-9-18-17/h1-7,12,18H,8-11,13H2. The Balaban J connectivity index is 1.57. The molecule has 0 unspecified atom stereocenters. The molecule has 0 radical (unpaired) electrons. The number of sulfone groups is 1. The van der Waals surface area contributed by atoms with E-state index in [0.717, 1.165) is 29.8 Å². The zero-order chi connectivity index (χ0) is 15.4. The van der Waals surface area contributed by atoms with Gasteiger partial charge in [-0.25, -0.2) is 8.42 Å². The van der Waals surface area contributed by atoms with Gasteiger partial charge in [0.1, 0.15) is 0 Å². The first kappa shape index (κ1) is 15.1. The van der Waals surface area contributed by atoms with Gasteiger partial charge in [0.2, 0.25) is 0 Å². The van der Waals surface area contributed by atoms with Gasteiger partial charge in [0.15, 0.2) is 9.84 Å². The normalized spacial score (nSPS) is 13.6. The van der Waals surface area contributed by atoms with E-state index in [1.54, 1.807) is 12.1 Å². The van der Waals surface area contributed by atoms with Gasteiger partial charge in [0.25, 0.3) is 0 Å². The molecule has 1 aliphatic heterocycles. The Kier molecular flexibility index (Phi) is 4.45. The van der Waals surface area contributed by atoms with Crippen molar-refractivity contribution in [1.29, 1.82) is 0 Å². The highest BCUT2D eigenvalue weighted by atomic mass is 32.2. The molecule has 0 aliphatic carbocycles. The molecule has 5 heteroatoms. The summed E-state index contributed by atoms with van der Waals surface area (Å²) in [4.78, 5) is 0.387. The molecule has 2 aromatic carbocycles. The lowest BCUT2D eigenvalue weighted by molar-refractivity contribution is 0.135. The lowest BCUT2D eigenvalue weighted by Gasteiger charge is -2.08. The zero-order valence-corrected chi connectivity index (χ0v) is 13.1. The van der Waals surface area contributed by atoms with Crippen LogP contribution in [0.15, 0.2) is 53.4 Å². The van der Waals surface area contributed by atoms with E-state index in [1.165, 1.54) is 0 Å². The fourth-order valence-electron chi connectivity index (χ4n) is 2.53. The highest BCUT2D eigenvalue weighted by Crippen LogP contribution is 2.25. The van der Waals surface area contributed by atoms with Crippen molar-refractivity contribution < 1.29 is 13.2 Å². The first-order chi connectivity index (χ1) is 10.6. The summed E-state index contributed by atoms with van der Waals surface area (Å²) in [7, 11) is -3.29. The van der Waals surface area contributed by atoms with Crippen LogP contribution in [0.2, 0.25) is 0 Å². The van der Waals surface area contributed by atoms with Crippen LogP contribution in [0.3, 0.4) is 0 Å². The predicted octanol–water partition coefficient (Wildman–Crippen LogP) is 2.65. The summed E-state index contributed by atoms with van der Waals surface area (Å²) >= 11 is 0. The molecule has 0 saturated heterocycles. The largest absolute Gasteiger partial charge is 0.384 e. The Labute approximate surface area is 131 Å². The van der Waals surface area contributed by atoms with Gasteiger partial charge in [-0.2, -0.15) is 0 Å². The van der Waals surface area contributed by atoms with Gasteiger partial charge >= 0.3 is 0 Å². The molecule has 1 heterocycles. The fourth-order valence-corrected chi connectivity index (χ4v) is 3.70. The van der Waals surface area contributed by atoms with Crippen molar-refractivity contribution in [2.45, 2.75) is 17.9 Å². The molecule has 0 fully saturated rings. The summed E-state index contributed by atoms with van der Waals surface area (Å²) in [6.45, 7) is 1.51. The highest BCUT2D eigenvalue weighted by molar-refractivity contribution is 7.91. The Bertz CT molecular complexity index is 742. The van der Waals surface area contributed by atoms with Crippen LogP contribution < -0.4 is 5.32 Å². The third kappa shape index (κ3) is 3.48. The van der Waals surface area contributed by atoms with Crippen molar-refractivity contribution >= 4 is 15.5 Å². The predicted molar refractivity (Wildman–Crippen MR) is 86.8 cm³/mol. The lowest BCUT2D eigenvalue weighted by atomic mass is 10.2. The first-order valence-corrected chi connectivity index (χ1v) is 9.02. The van der Waals surface area contributed by atoms with E-state index in [0.29, 0.717) is 11.5 Å². The van der Waals surface area contributed by atoms with Gasteiger partial charge in [0.05, 0.1) is 23.9 Å². The molecule has 2 aromatic rings. The molecule has 0 bridgehead atoms. The number of benzene rings is 2. The molecule has 116 valence electrons. The Hall–Kier alpha value is -1.85. The second-order valence-electron chi connectivity index (χ2n) is 5.35. The zero-order valence-electron chi connectivity index (χ0n) is 12.3. The second-order valence-corrected chi connectivity index (χ2v) is 7.46. The van der Waals surface area contributed by atoms with Gasteiger partial charge in [-0.3, -0.25) is 0 Å². The van der Waals surface area contributed by atoms with Crippen molar-refractivity contribution in [2.75, 3.05) is 24.2 Å². The molecular formula is C17H19NO3S. The summed E-state index contributed by atoms with van der Waals surface area (Å²) in [6, 6.07) is 15.0. The number of fused-ring (bicyclic) bond motifs is 1. The van der Waals surface area contributed by atoms with Crippen LogP contribution in [-0.2, 0) is 27.6 Å². The van der Waals surface area contributed by atoms with E-state index in [4.69, 9.17) is 4.74 Å². The molecule has 0 aromatic heterocycles. The molecule has 4 nitrogen and oxygen atoms in total. The van der Waals surface area contributed by atoms with Crippen LogP contribution >= 0.6 is 0 Å². The van der Waals surface area contributed by atoms with E-state index >= 15 is 0 Å². The minimum Gasteiger partial charge on any atom is -0.384 e. The van der Waals surface area contributed by atoms with Gasteiger partial charge in [-0.1, -0.05) is 30.3 Å². The van der Waals surface area contributed by atoms with E-state index in [2.05, 4.69) is 5.32 Å². The molecule has 0 amide bonds. The van der Waals surface area contributed by atoms with Crippen LogP contribution in [0.5, 0.6) is 0 Å². The van der Waals surface area contributed by atoms with E-state index in [1.807, 2.05) is 36.4 Å². The molecule has 22 heavy (non-hydrogen) atoms. The van der Waals surface area contributed by atoms with Crippen LogP contribution in [0.4, 0.5) is 5.69 Å². The van der Waals surface area contributed by atoms with Crippen LogP contribution in [0, 0.1) is 0 Å². The maximum Gasteiger partial charge on any atom is 0.180 e. The Morgan fingerprint density at radius 1 is 1.09 bits per heavy atom. The Morgan fingerprint density at radius 2 is 1.91 bits per heavy atom. The van der Waals surface area contributed by atoms with E-state index in [9.17, 15) is 8.42 Å². The maximum atomic E-state index is 12.3. The van der Waals surface area contributed by atoms with E-state index in [-0.39, 0.29) is 12.4 Å². The summed E-state index contributed by atoms with van der Waals surface area (Å²) < 4.78 is 30.2. The molecule has 3 rings (SSSR count). The highest BCUT2D eigenvalue weighted by Gasteiger charge is 2.18. The van der Waals surface area contributed by atoms with Crippen molar-refractivity contribution in [3.05, 3.63) is 59.7 Å². The minimum atomic E-state index is -3.29. The van der Waals surface area contributed by atoms with Gasteiger partial charge < -0.3 is 10.1 Å². The third-order valence-electron chi connectivity index (χ3n) is 3.75. The molecular weight excluding hydrogens is 298 g/mol. The van der Waals surface area contributed by atoms with Gasteiger partial charge in [-0.05, 0) is 35.7 Å². The SMILES string of the molecule is O=S(=O)(CCOCc1ccccc1)c1ccc2c(c1)CCN2. The quantitative estimate of drug-likeness (QED) is 0.832. The monoisotopic (exact) mass is 317 g/mol. The van der Waals surface area contributed by atoms with Crippen molar-refractivity contribution in [3.63, 3.8) is 0 Å². The fraction of sp³-hybridized carbons (Fsp3) is 0.294. The number of nitrogens with one attached hydrogen (secondary N) is 1. The molecule has 1 N–H and O–H groups in total. The lowest BCUT2D eigenvalue weighted by Crippen LogP contribution is -2.12. The summed E-state index contributed by atoms with van der Waals surface area (Å²) in [6.07, 6.45) is 0.878. The average molecular weight is 317 g/mol. The Morgan fingerprint density at radius 3 is 2.73 bits per heavy atom. The molecule has 0 spiro atoms. The average Bonchev–Trinajstić information content (AvgIpc) is 3.00. The summed E-state index contributed by atoms with van der Waals surface area (Å²) in [5.41, 5.74) is 3.16. The van der Waals surface area contributed by atoms with Crippen molar-refractivity contribution in [3.8, 4) is 0 Å². The second kappa shape index (κ2) is 6.50. The summed E-state index contributed by atoms with van der Waals surface area (Å²) in [5, 5.41) is 3.23. The van der Waals surface area contributed by atoms with Crippen molar-refractivity contribution in [1.82, 2.24) is 0 Å². The van der Waals surface area contributed by atoms with Gasteiger partial charge in [-0.15, -0.1) is 0 Å². The first-order valence-electron chi connectivity index (χ1n) is 7.36. The van der Waals surface area contributed by atoms with Gasteiger partial charge in [0, 0.05) is 12.2 Å². The molecule has 0 saturated carbocycles.